The number of phenolic OH excluding ortho intramolecular Hbond substituents is 1. The Balaban J connectivity index is 2.33. The van der Waals surface area contributed by atoms with E-state index in [1.807, 2.05) is 36.4 Å². The average molecular weight is 567 g/mol. The minimum Gasteiger partial charge on any atom is -0.508 e. The maximum absolute atomic E-state index is 15.0. The molecule has 0 radical (unpaired) electrons. The lowest BCUT2D eigenvalue weighted by molar-refractivity contribution is 0.287. The summed E-state index contributed by atoms with van der Waals surface area (Å²) in [5.41, 5.74) is 2.32. The Labute approximate surface area is 241 Å². The number of phenols is 1. The molecule has 5 nitrogen and oxygen atoms in total. The summed E-state index contributed by atoms with van der Waals surface area (Å²) in [6.07, 6.45) is 0. The van der Waals surface area contributed by atoms with E-state index in [1.54, 1.807) is 12.1 Å². The van der Waals surface area contributed by atoms with Gasteiger partial charge in [-0.15, -0.1) is 0 Å². The molecule has 0 fully saturated rings. The van der Waals surface area contributed by atoms with Gasteiger partial charge in [0.15, 0.2) is 0 Å². The Kier molecular flexibility index (Phi) is 8.55. The zero-order chi connectivity index (χ0) is 30.3. The number of hydrogen-bond acceptors (Lipinski definition) is 5. The highest BCUT2D eigenvalue weighted by molar-refractivity contribution is 7.49. The first-order valence-corrected chi connectivity index (χ1v) is 15.3. The Hall–Kier alpha value is -2.91. The van der Waals surface area contributed by atoms with E-state index in [0.717, 1.165) is 22.3 Å². The maximum atomic E-state index is 15.0. The predicted molar refractivity (Wildman–Crippen MR) is 165 cm³/mol. The lowest BCUT2D eigenvalue weighted by atomic mass is 9.79. The molecule has 3 rings (SSSR count). The summed E-state index contributed by atoms with van der Waals surface area (Å²) in [5, 5.41) is 10.1. The van der Waals surface area contributed by atoms with Crippen LogP contribution in [0.15, 0.2) is 60.7 Å². The van der Waals surface area contributed by atoms with Crippen molar-refractivity contribution in [3.05, 3.63) is 82.9 Å². The molecule has 0 aliphatic rings. The van der Waals surface area contributed by atoms with Gasteiger partial charge in [0.05, 0.1) is 0 Å². The molecule has 6 heteroatoms. The zero-order valence-electron chi connectivity index (χ0n) is 26.3. The molecule has 0 aliphatic carbocycles. The second kappa shape index (κ2) is 10.8. The second-order valence-electron chi connectivity index (χ2n) is 14.6. The number of hydrogen-bond donors (Lipinski definition) is 1. The van der Waals surface area contributed by atoms with Crippen molar-refractivity contribution in [1.82, 2.24) is 0 Å². The van der Waals surface area contributed by atoms with Gasteiger partial charge in [-0.05, 0) is 33.8 Å². The van der Waals surface area contributed by atoms with Gasteiger partial charge in [-0.25, -0.2) is 0 Å². The molecule has 0 saturated carbocycles. The highest BCUT2D eigenvalue weighted by Crippen LogP contribution is 2.56. The normalized spacial score (nSPS) is 13.2. The van der Waals surface area contributed by atoms with E-state index in [4.69, 9.17) is 13.6 Å². The fraction of sp³-hybridized carbons (Fsp3) is 0.471. The molecule has 1 N–H and O–H groups in total. The molecule has 0 aliphatic heterocycles. The lowest BCUT2D eigenvalue weighted by Gasteiger charge is -2.33. The van der Waals surface area contributed by atoms with Crippen molar-refractivity contribution in [2.45, 2.75) is 105 Å². The van der Waals surface area contributed by atoms with E-state index < -0.39 is 7.82 Å². The molecule has 0 saturated heterocycles. The fourth-order valence-electron chi connectivity index (χ4n) is 4.58. The van der Waals surface area contributed by atoms with Crippen molar-refractivity contribution in [2.75, 3.05) is 0 Å². The van der Waals surface area contributed by atoms with Gasteiger partial charge >= 0.3 is 7.82 Å². The summed E-state index contributed by atoms with van der Waals surface area (Å²) in [5.74, 6) is 1.13. The Bertz CT molecular complexity index is 1250. The van der Waals surface area contributed by atoms with Crippen LogP contribution in [0.4, 0.5) is 0 Å². The van der Waals surface area contributed by atoms with Crippen LogP contribution in [-0.2, 0) is 26.2 Å². The Morgan fingerprint density at radius 1 is 0.525 bits per heavy atom. The van der Waals surface area contributed by atoms with Crippen LogP contribution in [0.1, 0.15) is 105 Å². The smallest absolute Gasteiger partial charge is 0.508 e. The summed E-state index contributed by atoms with van der Waals surface area (Å²) >= 11 is 0. The number of phosphoric acid groups is 1. The highest BCUT2D eigenvalue weighted by atomic mass is 31.2. The van der Waals surface area contributed by atoms with Crippen LogP contribution >= 0.6 is 7.82 Å². The SMILES string of the molecule is CC(C)(C)c1cccc(C(C)(C)C)c1OP(=O)(Oc1cccc(O)c1)Oc1c(C(C)(C)C)cccc1C(C)(C)C. The van der Waals surface area contributed by atoms with Crippen LogP contribution in [0.3, 0.4) is 0 Å². The topological polar surface area (TPSA) is 65.0 Å². The molecule has 0 spiro atoms. The third kappa shape index (κ3) is 7.43. The minimum absolute atomic E-state index is 0.0139. The van der Waals surface area contributed by atoms with Crippen LogP contribution in [0.2, 0.25) is 0 Å². The molecular formula is C34H47O5P. The van der Waals surface area contributed by atoms with Gasteiger partial charge in [0, 0.05) is 28.3 Å². The third-order valence-electron chi connectivity index (χ3n) is 6.70. The first-order chi connectivity index (χ1) is 18.1. The Morgan fingerprint density at radius 3 is 1.15 bits per heavy atom. The largest absolute Gasteiger partial charge is 0.647 e. The zero-order valence-corrected chi connectivity index (χ0v) is 27.2. The standard InChI is InChI=1S/C34H47O5P/c1-31(2,3)25-18-14-19-26(32(4,5)6)29(25)38-40(36,37-24-17-13-16-23(35)22-24)39-30-27(33(7,8)9)20-15-21-28(30)34(10,11)12/h13-22,35H,1-12H3. The first kappa shape index (κ1) is 31.6. The van der Waals surface area contributed by atoms with Crippen molar-refractivity contribution in [1.29, 1.82) is 0 Å². The van der Waals surface area contributed by atoms with E-state index in [9.17, 15) is 5.11 Å². The van der Waals surface area contributed by atoms with Gasteiger partial charge in [0.1, 0.15) is 23.0 Å². The molecule has 3 aromatic rings. The lowest BCUT2D eigenvalue weighted by Crippen LogP contribution is -2.22. The quantitative estimate of drug-likeness (QED) is 0.301. The van der Waals surface area contributed by atoms with Crippen LogP contribution in [-0.4, -0.2) is 5.11 Å². The van der Waals surface area contributed by atoms with Crippen molar-refractivity contribution in [2.24, 2.45) is 0 Å². The van der Waals surface area contributed by atoms with Gasteiger partial charge in [0.25, 0.3) is 0 Å². The molecule has 0 atom stereocenters. The van der Waals surface area contributed by atoms with E-state index in [-0.39, 0.29) is 33.2 Å². The van der Waals surface area contributed by atoms with Crippen LogP contribution in [0, 0.1) is 0 Å². The van der Waals surface area contributed by atoms with Crippen LogP contribution in [0.5, 0.6) is 23.0 Å². The molecule has 40 heavy (non-hydrogen) atoms. The van der Waals surface area contributed by atoms with Gasteiger partial charge < -0.3 is 18.7 Å². The molecule has 0 unspecified atom stereocenters. The van der Waals surface area contributed by atoms with E-state index in [0.29, 0.717) is 11.5 Å². The minimum atomic E-state index is -4.40. The van der Waals surface area contributed by atoms with Crippen molar-refractivity contribution < 1.29 is 23.2 Å². The molecule has 0 heterocycles. The molecule has 3 aromatic carbocycles. The first-order valence-electron chi connectivity index (χ1n) is 13.9. The van der Waals surface area contributed by atoms with Gasteiger partial charge in [0.2, 0.25) is 0 Å². The van der Waals surface area contributed by atoms with Crippen molar-refractivity contribution in [3.63, 3.8) is 0 Å². The van der Waals surface area contributed by atoms with E-state index in [1.165, 1.54) is 12.1 Å². The average Bonchev–Trinajstić information content (AvgIpc) is 2.76. The maximum Gasteiger partial charge on any atom is 0.647 e. The fourth-order valence-corrected chi connectivity index (χ4v) is 5.91. The third-order valence-corrected chi connectivity index (χ3v) is 7.95. The van der Waals surface area contributed by atoms with Crippen LogP contribution in [0.25, 0.3) is 0 Å². The molecule has 0 amide bonds. The highest BCUT2D eigenvalue weighted by Gasteiger charge is 2.40. The predicted octanol–water partition coefficient (Wildman–Crippen LogP) is 10.2. The number of phosphoric ester groups is 1. The molecule has 0 bridgehead atoms. The molecule has 0 aromatic heterocycles. The summed E-state index contributed by atoms with van der Waals surface area (Å²) in [6.45, 7) is 25.1. The van der Waals surface area contributed by atoms with Gasteiger partial charge in [-0.1, -0.05) is 126 Å². The summed E-state index contributed by atoms with van der Waals surface area (Å²) in [6, 6.07) is 18.2. The number of aromatic hydroxyl groups is 1. The van der Waals surface area contributed by atoms with E-state index >= 15 is 4.57 Å². The molecule has 218 valence electrons. The van der Waals surface area contributed by atoms with Gasteiger partial charge in [-0.2, -0.15) is 4.57 Å². The number of rotatable bonds is 6. The Morgan fingerprint density at radius 2 is 0.850 bits per heavy atom. The summed E-state index contributed by atoms with van der Waals surface area (Å²) < 4.78 is 34.2. The number of benzene rings is 3. The van der Waals surface area contributed by atoms with Crippen LogP contribution < -0.4 is 13.6 Å². The summed E-state index contributed by atoms with van der Waals surface area (Å²) in [4.78, 5) is 0. The number of para-hydroxylation sites is 2. The monoisotopic (exact) mass is 566 g/mol. The van der Waals surface area contributed by atoms with Gasteiger partial charge in [-0.3, -0.25) is 0 Å². The second-order valence-corrected chi connectivity index (χ2v) is 16.0. The van der Waals surface area contributed by atoms with Crippen molar-refractivity contribution >= 4 is 7.82 Å². The summed E-state index contributed by atoms with van der Waals surface area (Å²) in [7, 11) is -4.40. The van der Waals surface area contributed by atoms with Crippen molar-refractivity contribution in [3.8, 4) is 23.0 Å². The molecular weight excluding hydrogens is 519 g/mol. The van der Waals surface area contributed by atoms with E-state index in [2.05, 4.69) is 83.1 Å².